The van der Waals surface area contributed by atoms with Crippen molar-refractivity contribution in [3.8, 4) is 0 Å². The molecule has 4 aliphatic carbocycles. The molecule has 0 aromatic heterocycles. The van der Waals surface area contributed by atoms with Gasteiger partial charge in [-0.25, -0.2) is 0 Å². The van der Waals surface area contributed by atoms with Crippen LogP contribution in [0.4, 0.5) is 0 Å². The van der Waals surface area contributed by atoms with Crippen LogP contribution in [0.15, 0.2) is 10.2 Å². The smallest absolute Gasteiger partial charge is 0.159 e. The van der Waals surface area contributed by atoms with Crippen LogP contribution in [0, 0.1) is 40.4 Å². The standard InChI is InChI=1S/C25H41N3O3/c1-23-12-13-25(30,16-31-5)14-17(23)6-7-18-19-8-9-21(22(29)15-28(26-3)27-4)24(19,2)11-10-20(18)23/h17-21,30H,3-4,6-16H2,1-2,5H3/t17-,18-,19-,20-,21+,23-,24-,25+/m0/s1. The summed E-state index contributed by atoms with van der Waals surface area (Å²) >= 11 is 0. The summed E-state index contributed by atoms with van der Waals surface area (Å²) in [5, 5.41) is 19.9. The molecular weight excluding hydrogens is 390 g/mol. The van der Waals surface area contributed by atoms with Gasteiger partial charge in [0.05, 0.1) is 12.2 Å². The van der Waals surface area contributed by atoms with E-state index in [0.717, 1.165) is 38.5 Å². The fourth-order valence-corrected chi connectivity index (χ4v) is 8.65. The van der Waals surface area contributed by atoms with Crippen molar-refractivity contribution in [1.29, 1.82) is 0 Å². The van der Waals surface area contributed by atoms with Crippen LogP contribution in [0.1, 0.15) is 71.6 Å². The van der Waals surface area contributed by atoms with Crippen molar-refractivity contribution in [2.75, 3.05) is 20.3 Å². The van der Waals surface area contributed by atoms with Gasteiger partial charge in [-0.15, -0.1) is 0 Å². The lowest BCUT2D eigenvalue weighted by Crippen LogP contribution is -2.57. The van der Waals surface area contributed by atoms with Gasteiger partial charge in [-0.1, -0.05) is 13.8 Å². The van der Waals surface area contributed by atoms with Crippen molar-refractivity contribution in [3.05, 3.63) is 0 Å². The maximum Gasteiger partial charge on any atom is 0.159 e. The minimum Gasteiger partial charge on any atom is -0.387 e. The number of hydrazone groups is 2. The van der Waals surface area contributed by atoms with Gasteiger partial charge >= 0.3 is 0 Å². The Bertz CT molecular complexity index is 721. The molecule has 174 valence electrons. The van der Waals surface area contributed by atoms with Gasteiger partial charge in [0.2, 0.25) is 0 Å². The van der Waals surface area contributed by atoms with Crippen LogP contribution in [0.5, 0.6) is 0 Å². The highest BCUT2D eigenvalue weighted by Gasteiger charge is 2.62. The summed E-state index contributed by atoms with van der Waals surface area (Å²) in [6, 6.07) is 0. The Hall–Kier alpha value is -1.27. The summed E-state index contributed by atoms with van der Waals surface area (Å²) in [5.41, 5.74) is -0.256. The van der Waals surface area contributed by atoms with Gasteiger partial charge in [-0.2, -0.15) is 15.3 Å². The first-order valence-corrected chi connectivity index (χ1v) is 12.2. The average Bonchev–Trinajstić information content (AvgIpc) is 3.10. The van der Waals surface area contributed by atoms with Crippen LogP contribution in [-0.4, -0.2) is 55.3 Å². The Balaban J connectivity index is 1.50. The normalized spacial score (nSPS) is 46.4. The molecule has 4 fully saturated rings. The highest BCUT2D eigenvalue weighted by molar-refractivity contribution is 5.84. The molecular formula is C25H41N3O3. The zero-order valence-electron chi connectivity index (χ0n) is 19.7. The van der Waals surface area contributed by atoms with E-state index in [1.54, 1.807) is 7.11 Å². The molecule has 0 amide bonds. The lowest BCUT2D eigenvalue weighted by molar-refractivity contribution is -0.164. The molecule has 31 heavy (non-hydrogen) atoms. The minimum absolute atomic E-state index is 0.0842. The number of carbonyl (C=O) groups is 1. The van der Waals surface area contributed by atoms with Crippen molar-refractivity contribution in [2.24, 2.45) is 50.6 Å². The minimum atomic E-state index is -0.649. The molecule has 0 aliphatic heterocycles. The molecule has 1 N–H and O–H groups in total. The fourth-order valence-electron chi connectivity index (χ4n) is 8.65. The molecule has 0 heterocycles. The summed E-state index contributed by atoms with van der Waals surface area (Å²) < 4.78 is 5.34. The first kappa shape index (κ1) is 22.9. The third-order valence-electron chi connectivity index (χ3n) is 10.2. The number of hydrogen-bond acceptors (Lipinski definition) is 6. The van der Waals surface area contributed by atoms with E-state index in [-0.39, 0.29) is 23.7 Å². The Morgan fingerprint density at radius 3 is 2.42 bits per heavy atom. The predicted molar refractivity (Wildman–Crippen MR) is 123 cm³/mol. The van der Waals surface area contributed by atoms with Crippen molar-refractivity contribution < 1.29 is 14.6 Å². The third-order valence-corrected chi connectivity index (χ3v) is 10.2. The van der Waals surface area contributed by atoms with Crippen LogP contribution in [0.2, 0.25) is 0 Å². The average molecular weight is 432 g/mol. The number of ether oxygens (including phenoxy) is 1. The Morgan fingerprint density at radius 1 is 1.03 bits per heavy atom. The zero-order chi connectivity index (χ0) is 22.4. The van der Waals surface area contributed by atoms with E-state index >= 15 is 0 Å². The number of aliphatic hydroxyl groups is 1. The molecule has 0 unspecified atom stereocenters. The van der Waals surface area contributed by atoms with Crippen molar-refractivity contribution >= 4 is 19.2 Å². The van der Waals surface area contributed by atoms with Gasteiger partial charge in [0.15, 0.2) is 5.78 Å². The van der Waals surface area contributed by atoms with E-state index in [1.807, 2.05) is 0 Å². The van der Waals surface area contributed by atoms with Crippen LogP contribution in [-0.2, 0) is 9.53 Å². The Labute approximate surface area is 187 Å². The van der Waals surface area contributed by atoms with E-state index in [9.17, 15) is 9.90 Å². The lowest BCUT2D eigenvalue weighted by Gasteiger charge is -2.62. The van der Waals surface area contributed by atoms with Gasteiger partial charge in [-0.3, -0.25) is 4.79 Å². The third kappa shape index (κ3) is 3.68. The lowest BCUT2D eigenvalue weighted by atomic mass is 9.44. The summed E-state index contributed by atoms with van der Waals surface area (Å²) in [4.78, 5) is 13.2. The first-order valence-electron chi connectivity index (χ1n) is 12.2. The van der Waals surface area contributed by atoms with Gasteiger partial charge in [0.1, 0.15) is 6.54 Å². The maximum atomic E-state index is 13.2. The predicted octanol–water partition coefficient (Wildman–Crippen LogP) is 4.13. The van der Waals surface area contributed by atoms with Crippen molar-refractivity contribution in [1.82, 2.24) is 5.12 Å². The fraction of sp³-hybridized carbons (Fsp3) is 0.880. The van der Waals surface area contributed by atoms with E-state index in [2.05, 4.69) is 37.5 Å². The highest BCUT2D eigenvalue weighted by atomic mass is 16.5. The Morgan fingerprint density at radius 2 is 1.74 bits per heavy atom. The molecule has 8 atom stereocenters. The Kier molecular flexibility index (Phi) is 6.10. The number of Topliss-reactive ketones (excluding diaryl/α,β-unsaturated/α-hetero) is 1. The van der Waals surface area contributed by atoms with Crippen LogP contribution < -0.4 is 0 Å². The molecule has 4 aliphatic rings. The molecule has 0 saturated heterocycles. The molecule has 0 bridgehead atoms. The number of rotatable bonds is 7. The highest BCUT2D eigenvalue weighted by Crippen LogP contribution is 2.68. The summed E-state index contributed by atoms with van der Waals surface area (Å²) in [5.74, 6) is 2.96. The molecule has 6 nitrogen and oxygen atoms in total. The molecule has 4 rings (SSSR count). The van der Waals surface area contributed by atoms with Crippen LogP contribution in [0.25, 0.3) is 0 Å². The van der Waals surface area contributed by atoms with E-state index in [4.69, 9.17) is 4.74 Å². The molecule has 6 heteroatoms. The number of carbonyl (C=O) groups excluding carboxylic acids is 1. The number of hydrogen-bond donors (Lipinski definition) is 1. The number of methoxy groups -OCH3 is 1. The molecule has 4 saturated carbocycles. The first-order chi connectivity index (χ1) is 14.7. The molecule has 0 spiro atoms. The van der Waals surface area contributed by atoms with Crippen molar-refractivity contribution in [2.45, 2.75) is 77.2 Å². The summed E-state index contributed by atoms with van der Waals surface area (Å²) in [6.45, 7) is 12.5. The maximum absolute atomic E-state index is 13.2. The monoisotopic (exact) mass is 431 g/mol. The second-order valence-electron chi connectivity index (χ2n) is 11.5. The quantitative estimate of drug-likeness (QED) is 0.486. The number of fused-ring (bicyclic) bond motifs is 5. The van der Waals surface area contributed by atoms with Crippen LogP contribution in [0.3, 0.4) is 0 Å². The molecule has 0 aromatic carbocycles. The van der Waals surface area contributed by atoms with Gasteiger partial charge in [0, 0.05) is 26.5 Å². The van der Waals surface area contributed by atoms with Crippen LogP contribution >= 0.6 is 0 Å². The number of ketones is 1. The van der Waals surface area contributed by atoms with Gasteiger partial charge < -0.3 is 9.84 Å². The number of nitrogens with zero attached hydrogens (tertiary/aromatic N) is 3. The molecule has 0 radical (unpaired) electrons. The zero-order valence-corrected chi connectivity index (χ0v) is 19.7. The molecule has 0 aromatic rings. The topological polar surface area (TPSA) is 74.5 Å². The van der Waals surface area contributed by atoms with E-state index in [0.29, 0.717) is 35.7 Å². The van der Waals surface area contributed by atoms with E-state index in [1.165, 1.54) is 24.4 Å². The van der Waals surface area contributed by atoms with Gasteiger partial charge in [-0.05, 0) is 92.3 Å². The second-order valence-corrected chi connectivity index (χ2v) is 11.5. The summed E-state index contributed by atoms with van der Waals surface area (Å²) in [7, 11) is 1.69. The largest absolute Gasteiger partial charge is 0.387 e. The van der Waals surface area contributed by atoms with Gasteiger partial charge in [0.25, 0.3) is 0 Å². The summed E-state index contributed by atoms with van der Waals surface area (Å²) in [6.07, 6.45) is 9.73. The second kappa shape index (κ2) is 8.26. The van der Waals surface area contributed by atoms with E-state index < -0.39 is 5.60 Å². The van der Waals surface area contributed by atoms with Crippen molar-refractivity contribution in [3.63, 3.8) is 0 Å². The SMILES string of the molecule is C=NN(CC(=O)[C@H]1CC[C@H]2[C@@H]3CC[C@H]4C[C@@](O)(COC)CC[C@]4(C)[C@H]3CC[C@]12C)N=C.